The first-order valence-corrected chi connectivity index (χ1v) is 32.2. The average Bonchev–Trinajstić information content (AvgIpc) is 3.37. The number of unbranched alkanes of at least 4 members (excludes halogenated alkanes) is 47. The lowest BCUT2D eigenvalue weighted by Gasteiger charge is -2.18. The topological polar surface area (TPSA) is 78.9 Å². The maximum absolute atomic E-state index is 12.9. The van der Waals surface area contributed by atoms with Crippen molar-refractivity contribution in [3.8, 4) is 0 Å². The number of allylic oxidation sites excluding steroid dienone is 2. The molecule has 1 unspecified atom stereocenters. The number of esters is 3. The van der Waals surface area contributed by atoms with Crippen molar-refractivity contribution in [1.29, 1.82) is 0 Å². The molecule has 71 heavy (non-hydrogen) atoms. The smallest absolute Gasteiger partial charge is 0.306 e. The van der Waals surface area contributed by atoms with E-state index in [0.717, 1.165) is 64.2 Å². The molecule has 0 N–H and O–H groups in total. The molecule has 0 fully saturated rings. The van der Waals surface area contributed by atoms with Gasteiger partial charge in [-0.25, -0.2) is 0 Å². The minimum absolute atomic E-state index is 0.0661. The van der Waals surface area contributed by atoms with Gasteiger partial charge < -0.3 is 14.2 Å². The second kappa shape index (κ2) is 60.7. The van der Waals surface area contributed by atoms with Crippen molar-refractivity contribution in [3.63, 3.8) is 0 Å². The fourth-order valence-corrected chi connectivity index (χ4v) is 9.91. The molecule has 0 aliphatic rings. The van der Waals surface area contributed by atoms with Crippen LogP contribution < -0.4 is 0 Å². The highest BCUT2D eigenvalue weighted by atomic mass is 16.6. The number of hydrogen-bond acceptors (Lipinski definition) is 6. The number of ether oxygens (including phenoxy) is 3. The first-order chi connectivity index (χ1) is 35.0. The zero-order valence-corrected chi connectivity index (χ0v) is 48.3. The quantitative estimate of drug-likeness (QED) is 0.0261. The van der Waals surface area contributed by atoms with Gasteiger partial charge in [-0.05, 0) is 44.9 Å². The van der Waals surface area contributed by atoms with E-state index in [2.05, 4.69) is 32.9 Å². The highest BCUT2D eigenvalue weighted by Crippen LogP contribution is 2.18. The predicted molar refractivity (Wildman–Crippen MR) is 307 cm³/mol. The summed E-state index contributed by atoms with van der Waals surface area (Å²) >= 11 is 0. The minimum atomic E-state index is -0.768. The third kappa shape index (κ3) is 58.9. The van der Waals surface area contributed by atoms with Crippen molar-refractivity contribution in [2.45, 2.75) is 374 Å². The molecule has 0 aromatic rings. The summed E-state index contributed by atoms with van der Waals surface area (Å²) in [4.78, 5) is 38.2. The summed E-state index contributed by atoms with van der Waals surface area (Å²) < 4.78 is 16.9. The lowest BCUT2D eigenvalue weighted by molar-refractivity contribution is -0.167. The van der Waals surface area contributed by atoms with Crippen LogP contribution in [0.1, 0.15) is 367 Å². The van der Waals surface area contributed by atoms with Crippen LogP contribution in [0.25, 0.3) is 0 Å². The molecule has 0 spiro atoms. The van der Waals surface area contributed by atoms with Gasteiger partial charge in [-0.2, -0.15) is 0 Å². The molecule has 0 heterocycles. The molecular formula is C65H124O6. The van der Waals surface area contributed by atoms with Gasteiger partial charge in [-0.15, -0.1) is 0 Å². The summed E-state index contributed by atoms with van der Waals surface area (Å²) in [6.45, 7) is 6.69. The second-order valence-corrected chi connectivity index (χ2v) is 22.0. The van der Waals surface area contributed by atoms with Crippen LogP contribution in [-0.2, 0) is 28.6 Å². The van der Waals surface area contributed by atoms with Crippen LogP contribution in [0.2, 0.25) is 0 Å². The summed E-state index contributed by atoms with van der Waals surface area (Å²) in [5.41, 5.74) is 0. The van der Waals surface area contributed by atoms with E-state index in [1.807, 2.05) is 0 Å². The third-order valence-electron chi connectivity index (χ3n) is 14.8. The fraction of sp³-hybridized carbons (Fsp3) is 0.923. The summed E-state index contributed by atoms with van der Waals surface area (Å²) in [5.74, 6) is -0.846. The number of carbonyl (C=O) groups is 3. The number of carbonyl (C=O) groups excluding carboxylic acids is 3. The van der Waals surface area contributed by atoms with Gasteiger partial charge in [0.15, 0.2) is 6.10 Å². The zero-order valence-electron chi connectivity index (χ0n) is 48.3. The first kappa shape index (κ1) is 69.2. The molecule has 0 amide bonds. The molecule has 0 aliphatic heterocycles. The van der Waals surface area contributed by atoms with Gasteiger partial charge in [0.05, 0.1) is 0 Å². The average molecular weight is 1000 g/mol. The maximum atomic E-state index is 12.9. The van der Waals surface area contributed by atoms with Gasteiger partial charge in [0, 0.05) is 19.3 Å². The Hall–Kier alpha value is -1.85. The van der Waals surface area contributed by atoms with Crippen molar-refractivity contribution in [1.82, 2.24) is 0 Å². The molecule has 0 saturated heterocycles. The molecule has 1 atom stereocenters. The Morgan fingerprint density at radius 1 is 0.268 bits per heavy atom. The van der Waals surface area contributed by atoms with E-state index < -0.39 is 6.10 Å². The van der Waals surface area contributed by atoms with Crippen LogP contribution in [0.15, 0.2) is 12.2 Å². The molecule has 0 aromatic carbocycles. The van der Waals surface area contributed by atoms with Crippen LogP contribution in [0.3, 0.4) is 0 Å². The Kier molecular flexibility index (Phi) is 59.1. The van der Waals surface area contributed by atoms with E-state index in [1.54, 1.807) is 0 Å². The molecule has 0 rings (SSSR count). The summed E-state index contributed by atoms with van der Waals surface area (Å²) in [5, 5.41) is 0. The summed E-state index contributed by atoms with van der Waals surface area (Å²) in [6.07, 6.45) is 70.8. The Morgan fingerprint density at radius 2 is 0.465 bits per heavy atom. The standard InChI is InChI=1S/C65H124O6/c1-4-7-10-13-16-19-22-25-27-29-31-32-33-35-36-38-40-43-46-49-52-55-58-64(67)70-61-62(60-69-63(66)57-54-51-48-45-42-24-21-18-15-12-9-6-3)71-65(68)59-56-53-50-47-44-41-39-37-34-30-28-26-23-20-17-14-11-8-5-2/h18,21,62H,4-17,19-20,22-61H2,1-3H3/b21-18-. The molecule has 0 aromatic heterocycles. The van der Waals surface area contributed by atoms with Gasteiger partial charge in [-0.1, -0.05) is 315 Å². The Bertz CT molecular complexity index is 1100. The van der Waals surface area contributed by atoms with E-state index in [-0.39, 0.29) is 31.1 Å². The van der Waals surface area contributed by atoms with Crippen molar-refractivity contribution >= 4 is 17.9 Å². The molecule has 0 bridgehead atoms. The molecule has 0 radical (unpaired) electrons. The van der Waals surface area contributed by atoms with E-state index in [9.17, 15) is 14.4 Å². The van der Waals surface area contributed by atoms with E-state index in [0.29, 0.717) is 19.3 Å². The van der Waals surface area contributed by atoms with Crippen molar-refractivity contribution in [2.75, 3.05) is 13.2 Å². The monoisotopic (exact) mass is 1000 g/mol. The normalized spacial score (nSPS) is 12.0. The van der Waals surface area contributed by atoms with Crippen LogP contribution in [0.4, 0.5) is 0 Å². The van der Waals surface area contributed by atoms with E-state index >= 15 is 0 Å². The van der Waals surface area contributed by atoms with Crippen molar-refractivity contribution < 1.29 is 28.6 Å². The SMILES string of the molecule is CCCCC/C=C\CCCCCCCC(=O)OCC(COC(=O)CCCCCCCCCCCCCCCCCCCCCCCC)OC(=O)CCCCCCCCCCCCCCCCCCCCC. The lowest BCUT2D eigenvalue weighted by Crippen LogP contribution is -2.30. The van der Waals surface area contributed by atoms with E-state index in [1.165, 1.54) is 263 Å². The third-order valence-corrected chi connectivity index (χ3v) is 14.8. The Labute approximate surface area is 443 Å². The predicted octanol–water partition coefficient (Wildman–Crippen LogP) is 21.7. The molecular weight excluding hydrogens is 877 g/mol. The molecule has 6 nitrogen and oxygen atoms in total. The Morgan fingerprint density at radius 3 is 0.732 bits per heavy atom. The maximum Gasteiger partial charge on any atom is 0.306 e. The van der Waals surface area contributed by atoms with E-state index in [4.69, 9.17) is 14.2 Å². The second-order valence-electron chi connectivity index (χ2n) is 22.0. The highest BCUT2D eigenvalue weighted by molar-refractivity contribution is 5.71. The first-order valence-electron chi connectivity index (χ1n) is 32.2. The summed E-state index contributed by atoms with van der Waals surface area (Å²) in [6, 6.07) is 0. The van der Waals surface area contributed by atoms with Gasteiger partial charge >= 0.3 is 17.9 Å². The van der Waals surface area contributed by atoms with Gasteiger partial charge in [0.25, 0.3) is 0 Å². The lowest BCUT2D eigenvalue weighted by atomic mass is 10.0. The van der Waals surface area contributed by atoms with Gasteiger partial charge in [-0.3, -0.25) is 14.4 Å². The van der Waals surface area contributed by atoms with Crippen LogP contribution in [-0.4, -0.2) is 37.2 Å². The largest absolute Gasteiger partial charge is 0.462 e. The molecule has 0 saturated carbocycles. The van der Waals surface area contributed by atoms with Gasteiger partial charge in [0.2, 0.25) is 0 Å². The van der Waals surface area contributed by atoms with Gasteiger partial charge in [0.1, 0.15) is 13.2 Å². The number of hydrogen-bond donors (Lipinski definition) is 0. The minimum Gasteiger partial charge on any atom is -0.462 e. The van der Waals surface area contributed by atoms with Crippen LogP contribution in [0, 0.1) is 0 Å². The van der Waals surface area contributed by atoms with Crippen molar-refractivity contribution in [2.24, 2.45) is 0 Å². The number of rotatable bonds is 60. The zero-order chi connectivity index (χ0) is 51.4. The molecule has 0 aliphatic carbocycles. The van der Waals surface area contributed by atoms with Crippen LogP contribution in [0.5, 0.6) is 0 Å². The van der Waals surface area contributed by atoms with Crippen molar-refractivity contribution in [3.05, 3.63) is 12.2 Å². The highest BCUT2D eigenvalue weighted by Gasteiger charge is 2.19. The summed E-state index contributed by atoms with van der Waals surface area (Å²) in [7, 11) is 0. The Balaban J connectivity index is 4.23. The fourth-order valence-electron chi connectivity index (χ4n) is 9.91. The van der Waals surface area contributed by atoms with Crippen LogP contribution >= 0.6 is 0 Å². The molecule has 6 heteroatoms. The molecule has 420 valence electrons.